The average molecular weight is 380 g/mol. The summed E-state index contributed by atoms with van der Waals surface area (Å²) in [6.07, 6.45) is 2.85. The number of hydrogen-bond acceptors (Lipinski definition) is 3. The van der Waals surface area contributed by atoms with Crippen LogP contribution in [0.2, 0.25) is 5.02 Å². The molecule has 0 unspecified atom stereocenters. The maximum Gasteiger partial charge on any atom is 0.161 e. The van der Waals surface area contributed by atoms with Gasteiger partial charge in [-0.05, 0) is 65.6 Å². The molecule has 3 aromatic rings. The van der Waals surface area contributed by atoms with Gasteiger partial charge in [0.05, 0.1) is 12.8 Å². The molecule has 3 rings (SSSR count). The zero-order chi connectivity index (χ0) is 19.1. The fourth-order valence-corrected chi connectivity index (χ4v) is 2.85. The summed E-state index contributed by atoms with van der Waals surface area (Å²) in [6, 6.07) is 21.6. The van der Waals surface area contributed by atoms with Gasteiger partial charge in [-0.15, -0.1) is 0 Å². The fraction of sp³-hybridized carbons (Fsp3) is 0.174. The van der Waals surface area contributed by atoms with Crippen LogP contribution in [0.1, 0.15) is 23.6 Å². The van der Waals surface area contributed by atoms with Gasteiger partial charge in [0.25, 0.3) is 0 Å². The van der Waals surface area contributed by atoms with E-state index in [4.69, 9.17) is 21.1 Å². The van der Waals surface area contributed by atoms with Gasteiger partial charge in [-0.1, -0.05) is 42.8 Å². The Morgan fingerprint density at radius 3 is 2.44 bits per heavy atom. The van der Waals surface area contributed by atoms with Gasteiger partial charge < -0.3 is 9.47 Å². The van der Waals surface area contributed by atoms with Crippen molar-refractivity contribution in [1.82, 2.24) is 0 Å². The van der Waals surface area contributed by atoms with Crippen LogP contribution in [0.15, 0.2) is 71.7 Å². The Morgan fingerprint density at radius 1 is 0.926 bits per heavy atom. The second-order valence-corrected chi connectivity index (χ2v) is 6.54. The summed E-state index contributed by atoms with van der Waals surface area (Å²) in [7, 11) is 1.63. The van der Waals surface area contributed by atoms with E-state index in [2.05, 4.69) is 24.0 Å². The molecule has 0 fully saturated rings. The predicted molar refractivity (Wildman–Crippen MR) is 112 cm³/mol. The van der Waals surface area contributed by atoms with Gasteiger partial charge in [-0.3, -0.25) is 4.99 Å². The van der Waals surface area contributed by atoms with Crippen molar-refractivity contribution >= 4 is 23.5 Å². The highest BCUT2D eigenvalue weighted by molar-refractivity contribution is 6.30. The van der Waals surface area contributed by atoms with Gasteiger partial charge in [0, 0.05) is 11.2 Å². The lowest BCUT2D eigenvalue weighted by Crippen LogP contribution is -1.98. The minimum Gasteiger partial charge on any atom is -0.493 e. The van der Waals surface area contributed by atoms with Crippen molar-refractivity contribution in [2.45, 2.75) is 20.0 Å². The van der Waals surface area contributed by atoms with Crippen molar-refractivity contribution in [2.75, 3.05) is 7.11 Å². The predicted octanol–water partition coefficient (Wildman–Crippen LogP) is 6.24. The number of halogens is 1. The number of rotatable bonds is 7. The number of aliphatic imine (C=N–C) groups is 1. The first kappa shape index (κ1) is 19.0. The van der Waals surface area contributed by atoms with Gasteiger partial charge in [0.1, 0.15) is 6.61 Å². The largest absolute Gasteiger partial charge is 0.493 e. The van der Waals surface area contributed by atoms with Crippen LogP contribution in [0.25, 0.3) is 0 Å². The van der Waals surface area contributed by atoms with E-state index >= 15 is 0 Å². The third-order valence-corrected chi connectivity index (χ3v) is 4.41. The second-order valence-electron chi connectivity index (χ2n) is 6.11. The molecule has 0 aromatic heterocycles. The SMILES string of the molecule is CCc1ccc(N=Cc2ccc(OCc3cccc(Cl)c3)c(OC)c2)cc1. The summed E-state index contributed by atoms with van der Waals surface area (Å²) in [5, 5.41) is 0.696. The molecule has 0 saturated carbocycles. The zero-order valence-corrected chi connectivity index (χ0v) is 16.2. The Morgan fingerprint density at radius 2 is 1.74 bits per heavy atom. The maximum atomic E-state index is 6.01. The Kier molecular flexibility index (Phi) is 6.50. The van der Waals surface area contributed by atoms with Gasteiger partial charge in [-0.25, -0.2) is 0 Å². The number of aryl methyl sites for hydroxylation is 1. The molecule has 0 radical (unpaired) electrons. The van der Waals surface area contributed by atoms with Crippen LogP contribution in [0.4, 0.5) is 5.69 Å². The zero-order valence-electron chi connectivity index (χ0n) is 15.5. The van der Waals surface area contributed by atoms with Gasteiger partial charge in [0.2, 0.25) is 0 Å². The Bertz CT molecular complexity index is 920. The van der Waals surface area contributed by atoms with Crippen LogP contribution in [0, 0.1) is 0 Å². The summed E-state index contributed by atoms with van der Waals surface area (Å²) in [6.45, 7) is 2.56. The molecular formula is C23H22ClNO2. The number of nitrogens with zero attached hydrogens (tertiary/aromatic N) is 1. The molecule has 0 N–H and O–H groups in total. The molecular weight excluding hydrogens is 358 g/mol. The molecule has 3 aromatic carbocycles. The van der Waals surface area contributed by atoms with E-state index in [0.717, 1.165) is 23.2 Å². The molecule has 0 saturated heterocycles. The van der Waals surface area contributed by atoms with E-state index in [-0.39, 0.29) is 0 Å². The molecule has 0 aliphatic carbocycles. The van der Waals surface area contributed by atoms with Crippen LogP contribution in [0.3, 0.4) is 0 Å². The summed E-state index contributed by atoms with van der Waals surface area (Å²) >= 11 is 6.01. The Balaban J connectivity index is 1.70. The molecule has 0 spiro atoms. The minimum absolute atomic E-state index is 0.425. The number of benzene rings is 3. The van der Waals surface area contributed by atoms with Gasteiger partial charge >= 0.3 is 0 Å². The van der Waals surface area contributed by atoms with E-state index in [0.29, 0.717) is 23.1 Å². The van der Waals surface area contributed by atoms with Crippen molar-refractivity contribution < 1.29 is 9.47 Å². The van der Waals surface area contributed by atoms with Crippen molar-refractivity contribution in [3.63, 3.8) is 0 Å². The maximum absolute atomic E-state index is 6.01. The molecule has 0 atom stereocenters. The van der Waals surface area contributed by atoms with Gasteiger partial charge in [0.15, 0.2) is 11.5 Å². The van der Waals surface area contributed by atoms with E-state index < -0.39 is 0 Å². The molecule has 0 aliphatic heterocycles. The molecule has 4 heteroatoms. The highest BCUT2D eigenvalue weighted by Gasteiger charge is 2.06. The van der Waals surface area contributed by atoms with E-state index in [1.807, 2.05) is 60.8 Å². The van der Waals surface area contributed by atoms with Crippen LogP contribution in [0.5, 0.6) is 11.5 Å². The normalized spacial score (nSPS) is 10.9. The lowest BCUT2D eigenvalue weighted by atomic mass is 10.1. The summed E-state index contributed by atoms with van der Waals surface area (Å²) in [5.74, 6) is 1.35. The molecule has 0 amide bonds. The van der Waals surface area contributed by atoms with Crippen LogP contribution >= 0.6 is 11.6 Å². The minimum atomic E-state index is 0.425. The fourth-order valence-electron chi connectivity index (χ4n) is 2.64. The van der Waals surface area contributed by atoms with E-state index in [1.165, 1.54) is 5.56 Å². The van der Waals surface area contributed by atoms with E-state index in [1.54, 1.807) is 7.11 Å². The highest BCUT2D eigenvalue weighted by Crippen LogP contribution is 2.29. The van der Waals surface area contributed by atoms with Crippen molar-refractivity contribution in [1.29, 1.82) is 0 Å². The van der Waals surface area contributed by atoms with Crippen LogP contribution < -0.4 is 9.47 Å². The van der Waals surface area contributed by atoms with Crippen molar-refractivity contribution in [3.8, 4) is 11.5 Å². The summed E-state index contributed by atoms with van der Waals surface area (Å²) in [4.78, 5) is 4.52. The summed E-state index contributed by atoms with van der Waals surface area (Å²) in [5.41, 5.74) is 4.18. The molecule has 0 aliphatic rings. The standard InChI is InChI=1S/C23H22ClNO2/c1-3-17-7-10-21(11-8-17)25-15-18-9-12-22(23(14-18)26-2)27-16-19-5-4-6-20(24)13-19/h4-15H,3,16H2,1-2H3. The number of ether oxygens (including phenoxy) is 2. The molecule has 3 nitrogen and oxygen atoms in total. The topological polar surface area (TPSA) is 30.8 Å². The first-order valence-electron chi connectivity index (χ1n) is 8.86. The Hall–Kier alpha value is -2.78. The number of methoxy groups -OCH3 is 1. The molecule has 0 heterocycles. The first-order chi connectivity index (χ1) is 13.2. The number of hydrogen-bond donors (Lipinski definition) is 0. The van der Waals surface area contributed by atoms with Crippen LogP contribution in [-0.2, 0) is 13.0 Å². The third-order valence-electron chi connectivity index (χ3n) is 4.18. The van der Waals surface area contributed by atoms with Crippen LogP contribution in [-0.4, -0.2) is 13.3 Å². The average Bonchev–Trinajstić information content (AvgIpc) is 2.71. The third kappa shape index (κ3) is 5.35. The molecule has 27 heavy (non-hydrogen) atoms. The lowest BCUT2D eigenvalue weighted by Gasteiger charge is -2.11. The van der Waals surface area contributed by atoms with Crippen molar-refractivity contribution in [2.24, 2.45) is 4.99 Å². The van der Waals surface area contributed by atoms with E-state index in [9.17, 15) is 0 Å². The molecule has 0 bridgehead atoms. The quantitative estimate of drug-likeness (QED) is 0.455. The Labute approximate surface area is 165 Å². The second kappa shape index (κ2) is 9.24. The molecule has 138 valence electrons. The summed E-state index contributed by atoms with van der Waals surface area (Å²) < 4.78 is 11.4. The van der Waals surface area contributed by atoms with Crippen molar-refractivity contribution in [3.05, 3.63) is 88.4 Å². The first-order valence-corrected chi connectivity index (χ1v) is 9.24. The smallest absolute Gasteiger partial charge is 0.161 e. The highest BCUT2D eigenvalue weighted by atomic mass is 35.5. The monoisotopic (exact) mass is 379 g/mol. The lowest BCUT2D eigenvalue weighted by molar-refractivity contribution is 0.284. The van der Waals surface area contributed by atoms with Gasteiger partial charge in [-0.2, -0.15) is 0 Å².